The Labute approximate surface area is 62.7 Å². The smallest absolute Gasteiger partial charge is 0.166 e. The maximum absolute atomic E-state index is 12.0. The number of hydrogen-bond acceptors (Lipinski definition) is 0. The molecule has 0 aliphatic rings. The highest BCUT2D eigenvalue weighted by Gasteiger charge is 2.31. The Hall–Kier alpha value is -0.990. The van der Waals surface area contributed by atoms with E-state index in [-0.39, 0.29) is 5.56 Å². The fourth-order valence-electron chi connectivity index (χ4n) is 0.814. The van der Waals surface area contributed by atoms with Crippen LogP contribution in [0.2, 0.25) is 0 Å². The SMILES string of the molecule is Cc1cc[c]cc1C(F)(F)F. The van der Waals surface area contributed by atoms with Crippen LogP contribution in [0.4, 0.5) is 13.2 Å². The average molecular weight is 159 g/mol. The minimum absolute atomic E-state index is 0.233. The Balaban J connectivity index is 3.14. The Morgan fingerprint density at radius 1 is 1.36 bits per heavy atom. The van der Waals surface area contributed by atoms with E-state index in [9.17, 15) is 13.2 Å². The van der Waals surface area contributed by atoms with Gasteiger partial charge in [0, 0.05) is 0 Å². The normalized spacial score (nSPS) is 11.6. The summed E-state index contributed by atoms with van der Waals surface area (Å²) in [5, 5.41) is 0. The summed E-state index contributed by atoms with van der Waals surface area (Å²) < 4.78 is 36.1. The lowest BCUT2D eigenvalue weighted by molar-refractivity contribution is -0.138. The van der Waals surface area contributed by atoms with Crippen LogP contribution < -0.4 is 0 Å². The molecule has 1 radical (unpaired) electrons. The van der Waals surface area contributed by atoms with E-state index in [1.165, 1.54) is 19.1 Å². The zero-order valence-electron chi connectivity index (χ0n) is 5.87. The minimum Gasteiger partial charge on any atom is -0.166 e. The number of benzene rings is 1. The summed E-state index contributed by atoms with van der Waals surface area (Å²) in [4.78, 5) is 0. The third-order valence-electron chi connectivity index (χ3n) is 1.39. The first-order valence-corrected chi connectivity index (χ1v) is 3.05. The molecule has 0 aliphatic carbocycles. The highest BCUT2D eigenvalue weighted by atomic mass is 19.4. The lowest BCUT2D eigenvalue weighted by Gasteiger charge is -2.08. The summed E-state index contributed by atoms with van der Waals surface area (Å²) in [5.74, 6) is 0. The number of rotatable bonds is 0. The Bertz CT molecular complexity index is 250. The zero-order valence-corrected chi connectivity index (χ0v) is 5.87. The van der Waals surface area contributed by atoms with E-state index in [2.05, 4.69) is 6.07 Å². The van der Waals surface area contributed by atoms with Gasteiger partial charge in [0.25, 0.3) is 0 Å². The van der Waals surface area contributed by atoms with Gasteiger partial charge in [0.05, 0.1) is 5.56 Å². The molecular weight excluding hydrogens is 153 g/mol. The van der Waals surface area contributed by atoms with Gasteiger partial charge in [-0.1, -0.05) is 12.1 Å². The van der Waals surface area contributed by atoms with Crippen molar-refractivity contribution in [3.63, 3.8) is 0 Å². The molecule has 11 heavy (non-hydrogen) atoms. The first-order chi connectivity index (χ1) is 5.02. The fourth-order valence-corrected chi connectivity index (χ4v) is 0.814. The predicted octanol–water partition coefficient (Wildman–Crippen LogP) is 2.81. The van der Waals surface area contributed by atoms with Crippen molar-refractivity contribution in [2.45, 2.75) is 13.1 Å². The molecule has 1 aromatic carbocycles. The van der Waals surface area contributed by atoms with Crippen molar-refractivity contribution >= 4 is 0 Å². The highest BCUT2D eigenvalue weighted by Crippen LogP contribution is 2.30. The van der Waals surface area contributed by atoms with Crippen LogP contribution in [0.1, 0.15) is 11.1 Å². The van der Waals surface area contributed by atoms with E-state index < -0.39 is 11.7 Å². The Morgan fingerprint density at radius 3 is 2.36 bits per heavy atom. The van der Waals surface area contributed by atoms with Crippen LogP contribution in [0, 0.1) is 13.0 Å². The summed E-state index contributed by atoms with van der Waals surface area (Å²) in [6, 6.07) is 6.20. The van der Waals surface area contributed by atoms with Gasteiger partial charge in [0.2, 0.25) is 0 Å². The molecule has 59 valence electrons. The van der Waals surface area contributed by atoms with Crippen LogP contribution in [0.3, 0.4) is 0 Å². The van der Waals surface area contributed by atoms with E-state index in [1.54, 1.807) is 0 Å². The van der Waals surface area contributed by atoms with E-state index in [0.717, 1.165) is 6.07 Å². The van der Waals surface area contributed by atoms with Crippen molar-refractivity contribution in [3.05, 3.63) is 35.4 Å². The zero-order chi connectivity index (χ0) is 8.48. The average Bonchev–Trinajstić information content (AvgIpc) is 1.86. The topological polar surface area (TPSA) is 0 Å². The monoisotopic (exact) mass is 159 g/mol. The first-order valence-electron chi connectivity index (χ1n) is 3.05. The van der Waals surface area contributed by atoms with Gasteiger partial charge < -0.3 is 0 Å². The second-order valence-electron chi connectivity index (χ2n) is 2.24. The van der Waals surface area contributed by atoms with Crippen molar-refractivity contribution in [1.29, 1.82) is 0 Å². The molecule has 0 spiro atoms. The van der Waals surface area contributed by atoms with Crippen LogP contribution in [-0.4, -0.2) is 0 Å². The summed E-state index contributed by atoms with van der Waals surface area (Å²) in [6.45, 7) is 1.43. The molecule has 0 fully saturated rings. The van der Waals surface area contributed by atoms with Gasteiger partial charge >= 0.3 is 6.18 Å². The summed E-state index contributed by atoms with van der Waals surface area (Å²) in [7, 11) is 0. The van der Waals surface area contributed by atoms with Gasteiger partial charge in [0.1, 0.15) is 0 Å². The largest absolute Gasteiger partial charge is 0.416 e. The van der Waals surface area contributed by atoms with Crippen molar-refractivity contribution in [3.8, 4) is 0 Å². The Kier molecular flexibility index (Phi) is 1.89. The lowest BCUT2D eigenvalue weighted by Crippen LogP contribution is -2.06. The molecule has 0 amide bonds. The second kappa shape index (κ2) is 2.57. The van der Waals surface area contributed by atoms with Gasteiger partial charge in [-0.2, -0.15) is 13.2 Å². The van der Waals surface area contributed by atoms with Gasteiger partial charge in [-0.15, -0.1) is 0 Å². The molecule has 0 N–H and O–H groups in total. The third kappa shape index (κ3) is 1.73. The summed E-state index contributed by atoms with van der Waals surface area (Å²) in [5.41, 5.74) is -0.378. The summed E-state index contributed by atoms with van der Waals surface area (Å²) >= 11 is 0. The summed E-state index contributed by atoms with van der Waals surface area (Å²) in [6.07, 6.45) is -4.25. The van der Waals surface area contributed by atoms with Crippen molar-refractivity contribution < 1.29 is 13.2 Å². The number of halogens is 3. The molecule has 0 aliphatic heterocycles. The predicted molar refractivity (Wildman–Crippen MR) is 35.0 cm³/mol. The number of alkyl halides is 3. The van der Waals surface area contributed by atoms with Crippen LogP contribution in [0.25, 0.3) is 0 Å². The lowest BCUT2D eigenvalue weighted by atomic mass is 10.1. The van der Waals surface area contributed by atoms with E-state index in [1.807, 2.05) is 0 Å². The van der Waals surface area contributed by atoms with Crippen LogP contribution in [-0.2, 0) is 6.18 Å². The van der Waals surface area contributed by atoms with Crippen LogP contribution in [0.15, 0.2) is 18.2 Å². The quantitative estimate of drug-likeness (QED) is 0.546. The van der Waals surface area contributed by atoms with Gasteiger partial charge in [-0.25, -0.2) is 0 Å². The maximum atomic E-state index is 12.0. The number of aryl methyl sites for hydroxylation is 1. The molecule has 1 rings (SSSR count). The van der Waals surface area contributed by atoms with Crippen LogP contribution in [0.5, 0.6) is 0 Å². The number of hydrogen-bond donors (Lipinski definition) is 0. The van der Waals surface area contributed by atoms with Gasteiger partial charge in [0.15, 0.2) is 0 Å². The molecule has 3 heteroatoms. The third-order valence-corrected chi connectivity index (χ3v) is 1.39. The minimum atomic E-state index is -4.25. The molecule has 0 heterocycles. The molecule has 0 unspecified atom stereocenters. The standard InChI is InChI=1S/C8H6F3/c1-6-4-2-3-5-7(6)8(9,10)11/h2,4-5H,1H3. The van der Waals surface area contributed by atoms with E-state index in [0.29, 0.717) is 0 Å². The molecule has 0 nitrogen and oxygen atoms in total. The molecule has 0 saturated carbocycles. The molecule has 0 aromatic heterocycles. The van der Waals surface area contributed by atoms with Gasteiger partial charge in [-0.05, 0) is 24.6 Å². The first kappa shape index (κ1) is 8.11. The maximum Gasteiger partial charge on any atom is 0.416 e. The second-order valence-corrected chi connectivity index (χ2v) is 2.24. The highest BCUT2D eigenvalue weighted by molar-refractivity contribution is 5.27. The fraction of sp³-hybridized carbons (Fsp3) is 0.250. The van der Waals surface area contributed by atoms with E-state index >= 15 is 0 Å². The van der Waals surface area contributed by atoms with Gasteiger partial charge in [-0.3, -0.25) is 0 Å². The van der Waals surface area contributed by atoms with Crippen LogP contribution >= 0.6 is 0 Å². The Morgan fingerprint density at radius 2 is 2.00 bits per heavy atom. The molecule has 1 aromatic rings. The van der Waals surface area contributed by atoms with Crippen molar-refractivity contribution in [2.75, 3.05) is 0 Å². The van der Waals surface area contributed by atoms with Crippen molar-refractivity contribution in [2.24, 2.45) is 0 Å². The molecule has 0 bridgehead atoms. The molecule has 0 saturated heterocycles. The van der Waals surface area contributed by atoms with E-state index in [4.69, 9.17) is 0 Å². The molecule has 0 atom stereocenters. The molecular formula is C8H6F3. The van der Waals surface area contributed by atoms with Crippen molar-refractivity contribution in [1.82, 2.24) is 0 Å².